The lowest BCUT2D eigenvalue weighted by atomic mass is 9.62. The minimum Gasteiger partial charge on any atom is -0.393 e. The van der Waals surface area contributed by atoms with E-state index < -0.39 is 36.8 Å². The van der Waals surface area contributed by atoms with E-state index in [1.165, 1.54) is 0 Å². The van der Waals surface area contributed by atoms with Crippen molar-refractivity contribution in [3.8, 4) is 0 Å². The first-order valence-electron chi connectivity index (χ1n) is 7.54. The molecule has 0 aromatic carbocycles. The van der Waals surface area contributed by atoms with Crippen LogP contribution in [0.4, 0.5) is 0 Å². The van der Waals surface area contributed by atoms with Crippen molar-refractivity contribution in [3.05, 3.63) is 0 Å². The Hall–Kier alpha value is -0.220. The fraction of sp³-hybridized carbons (Fsp3) is 1.00. The molecular weight excluding hydrogens is 332 g/mol. The van der Waals surface area contributed by atoms with Crippen LogP contribution in [0, 0.1) is 17.8 Å². The third-order valence-electron chi connectivity index (χ3n) is 5.31. The van der Waals surface area contributed by atoms with Crippen molar-refractivity contribution in [2.45, 2.75) is 56.3 Å². The number of rotatable bonds is 5. The van der Waals surface area contributed by atoms with Crippen LogP contribution in [0.3, 0.4) is 0 Å². The Labute approximate surface area is 131 Å². The summed E-state index contributed by atoms with van der Waals surface area (Å²) in [4.78, 5) is 0. The van der Waals surface area contributed by atoms with E-state index in [-0.39, 0.29) is 30.6 Å². The van der Waals surface area contributed by atoms with Crippen molar-refractivity contribution in [2.24, 2.45) is 17.8 Å². The van der Waals surface area contributed by atoms with Gasteiger partial charge in [0.1, 0.15) is 0 Å². The maximum Gasteiger partial charge on any atom is 0.270 e. The van der Waals surface area contributed by atoms with Gasteiger partial charge in [-0.2, -0.15) is 16.8 Å². The summed E-state index contributed by atoms with van der Waals surface area (Å²) < 4.78 is 62.4. The highest BCUT2D eigenvalue weighted by atomic mass is 32.2. The van der Waals surface area contributed by atoms with E-state index in [0.717, 1.165) is 6.42 Å². The van der Waals surface area contributed by atoms with Crippen LogP contribution in [0.5, 0.6) is 0 Å². The second-order valence-electron chi connectivity index (χ2n) is 7.01. The van der Waals surface area contributed by atoms with Crippen LogP contribution in [-0.2, 0) is 20.2 Å². The molecule has 2 bridgehead atoms. The molecule has 0 heterocycles. The summed E-state index contributed by atoms with van der Waals surface area (Å²) in [6.07, 6.45) is 1.25. The highest BCUT2D eigenvalue weighted by molar-refractivity contribution is 7.87. The molecule has 2 aliphatic rings. The number of aliphatic hydroxyl groups excluding tert-OH is 1. The van der Waals surface area contributed by atoms with E-state index in [1.807, 2.05) is 6.92 Å². The highest BCUT2D eigenvalue weighted by Gasteiger charge is 2.53. The fourth-order valence-corrected chi connectivity index (χ4v) is 6.24. The van der Waals surface area contributed by atoms with Crippen molar-refractivity contribution in [2.75, 3.05) is 5.75 Å². The average Bonchev–Trinajstić information content (AvgIpc) is 2.33. The fourth-order valence-electron chi connectivity index (χ4n) is 4.41. The second-order valence-corrected chi connectivity index (χ2v) is 10.4. The normalized spacial score (nSPS) is 37.7. The van der Waals surface area contributed by atoms with Crippen LogP contribution < -0.4 is 0 Å². The zero-order valence-corrected chi connectivity index (χ0v) is 14.2. The standard InChI is InChI=1S/C13H24O7S2/c1-9-6-10-8-13(7-9,22(18,19)20)4-2-11(10)12(14)3-5-21(15,16)17/h9-12,14H,2-8H2,1H3,(H,15,16,17)(H,18,19,20). The van der Waals surface area contributed by atoms with Crippen LogP contribution in [0.25, 0.3) is 0 Å². The quantitative estimate of drug-likeness (QED) is 0.629. The summed E-state index contributed by atoms with van der Waals surface area (Å²) in [6.45, 7) is 1.93. The van der Waals surface area contributed by atoms with Crippen LogP contribution >= 0.6 is 0 Å². The highest BCUT2D eigenvalue weighted by Crippen LogP contribution is 2.52. The van der Waals surface area contributed by atoms with Gasteiger partial charge in [0.25, 0.3) is 20.2 Å². The maximum atomic E-state index is 11.8. The first-order valence-corrected chi connectivity index (χ1v) is 10.6. The maximum absolute atomic E-state index is 11.8. The Morgan fingerprint density at radius 2 is 1.82 bits per heavy atom. The monoisotopic (exact) mass is 356 g/mol. The van der Waals surface area contributed by atoms with E-state index in [1.54, 1.807) is 0 Å². The van der Waals surface area contributed by atoms with Gasteiger partial charge in [-0.1, -0.05) is 6.92 Å². The Balaban J connectivity index is 2.13. The predicted octanol–water partition coefficient (Wildman–Crippen LogP) is 1.10. The number of aliphatic hydroxyl groups is 1. The van der Waals surface area contributed by atoms with Crippen LogP contribution in [-0.4, -0.2) is 47.7 Å². The lowest BCUT2D eigenvalue weighted by Crippen LogP contribution is -2.52. The zero-order valence-electron chi connectivity index (χ0n) is 12.6. The predicted molar refractivity (Wildman–Crippen MR) is 80.5 cm³/mol. The Morgan fingerprint density at radius 1 is 1.18 bits per heavy atom. The molecule has 0 aromatic heterocycles. The van der Waals surface area contributed by atoms with Gasteiger partial charge >= 0.3 is 0 Å². The minimum atomic E-state index is -4.15. The van der Waals surface area contributed by atoms with E-state index in [4.69, 9.17) is 4.55 Å². The summed E-state index contributed by atoms with van der Waals surface area (Å²) in [7, 11) is -8.28. The van der Waals surface area contributed by atoms with E-state index in [2.05, 4.69) is 0 Å². The molecule has 2 fully saturated rings. The number of hydrogen-bond donors (Lipinski definition) is 3. The molecule has 0 aromatic rings. The van der Waals surface area contributed by atoms with Crippen molar-refractivity contribution in [1.29, 1.82) is 0 Å². The molecule has 2 rings (SSSR count). The van der Waals surface area contributed by atoms with Gasteiger partial charge in [-0.05, 0) is 56.3 Å². The molecule has 0 radical (unpaired) electrons. The zero-order chi connectivity index (χ0) is 16.8. The van der Waals surface area contributed by atoms with Crippen LogP contribution in [0.2, 0.25) is 0 Å². The lowest BCUT2D eigenvalue weighted by Gasteiger charge is -2.49. The van der Waals surface area contributed by atoms with Crippen molar-refractivity contribution in [3.63, 3.8) is 0 Å². The molecule has 0 amide bonds. The smallest absolute Gasteiger partial charge is 0.270 e. The Bertz CT molecular complexity index is 612. The first kappa shape index (κ1) is 18.1. The molecule has 0 aliphatic heterocycles. The Morgan fingerprint density at radius 3 is 2.36 bits per heavy atom. The van der Waals surface area contributed by atoms with Gasteiger partial charge < -0.3 is 5.11 Å². The first-order chi connectivity index (χ1) is 9.94. The number of hydrogen-bond acceptors (Lipinski definition) is 5. The molecule has 22 heavy (non-hydrogen) atoms. The van der Waals surface area contributed by atoms with Crippen LogP contribution in [0.15, 0.2) is 0 Å². The molecule has 9 heteroatoms. The van der Waals surface area contributed by atoms with Gasteiger partial charge in [0.15, 0.2) is 0 Å². The van der Waals surface area contributed by atoms with E-state index >= 15 is 0 Å². The lowest BCUT2D eigenvalue weighted by molar-refractivity contribution is 0.00463. The van der Waals surface area contributed by atoms with Crippen LogP contribution in [0.1, 0.15) is 45.4 Å². The topological polar surface area (TPSA) is 129 Å². The van der Waals surface area contributed by atoms with Gasteiger partial charge in [0.05, 0.1) is 16.6 Å². The summed E-state index contributed by atoms with van der Waals surface area (Å²) >= 11 is 0. The van der Waals surface area contributed by atoms with Gasteiger partial charge in [0, 0.05) is 0 Å². The Kier molecular flexibility index (Phi) is 4.95. The third-order valence-corrected chi connectivity index (χ3v) is 7.70. The minimum absolute atomic E-state index is 0.0594. The molecule has 130 valence electrons. The summed E-state index contributed by atoms with van der Waals surface area (Å²) in [6, 6.07) is 0. The van der Waals surface area contributed by atoms with E-state index in [9.17, 15) is 26.5 Å². The molecular formula is C13H24O7S2. The number of fused-ring (bicyclic) bond motifs is 2. The van der Waals surface area contributed by atoms with Crippen molar-refractivity contribution < 1.29 is 31.0 Å². The third kappa shape index (κ3) is 3.81. The molecule has 3 N–H and O–H groups in total. The van der Waals surface area contributed by atoms with Gasteiger partial charge in [-0.3, -0.25) is 9.11 Å². The molecule has 5 atom stereocenters. The molecule has 2 aliphatic carbocycles. The average molecular weight is 356 g/mol. The summed E-state index contributed by atoms with van der Waals surface area (Å²) in [5.74, 6) is -0.636. The van der Waals surface area contributed by atoms with Crippen molar-refractivity contribution >= 4 is 20.2 Å². The van der Waals surface area contributed by atoms with Gasteiger partial charge in [0.2, 0.25) is 0 Å². The molecule has 5 unspecified atom stereocenters. The van der Waals surface area contributed by atoms with E-state index in [0.29, 0.717) is 19.3 Å². The molecule has 2 saturated carbocycles. The second kappa shape index (κ2) is 6.01. The summed E-state index contributed by atoms with van der Waals surface area (Å²) in [5.41, 5.74) is 0. The SMILES string of the molecule is CC1CC2CC(S(=O)(=O)O)(CCC2C(O)CCS(=O)(=O)O)C1. The molecule has 0 saturated heterocycles. The van der Waals surface area contributed by atoms with Crippen molar-refractivity contribution in [1.82, 2.24) is 0 Å². The summed E-state index contributed by atoms with van der Waals surface area (Å²) in [5, 5.41) is 10.2. The molecule has 0 spiro atoms. The molecule has 7 nitrogen and oxygen atoms in total. The largest absolute Gasteiger partial charge is 0.393 e. The van der Waals surface area contributed by atoms with Gasteiger partial charge in [-0.25, -0.2) is 0 Å². The van der Waals surface area contributed by atoms with Gasteiger partial charge in [-0.15, -0.1) is 0 Å².